The van der Waals surface area contributed by atoms with Gasteiger partial charge in [-0.1, -0.05) is 0 Å². The van der Waals surface area contributed by atoms with Crippen LogP contribution in [0.5, 0.6) is 0 Å². The number of rotatable bonds is 3. The molecule has 3 aromatic rings. The molecule has 0 atom stereocenters. The molecule has 0 aliphatic heterocycles. The highest BCUT2D eigenvalue weighted by molar-refractivity contribution is 7.19. The third-order valence-corrected chi connectivity index (χ3v) is 4.91. The van der Waals surface area contributed by atoms with Gasteiger partial charge in [-0.25, -0.2) is 19.9 Å². The van der Waals surface area contributed by atoms with E-state index in [1.807, 2.05) is 6.07 Å². The highest BCUT2D eigenvalue weighted by atomic mass is 32.1. The van der Waals surface area contributed by atoms with E-state index in [9.17, 15) is 0 Å². The maximum absolute atomic E-state index is 4.73. The SMILES string of the molecule is CCNc1nc(-c2ccncn2)nc2sc3c(c12)CCC3. The Labute approximate surface area is 126 Å². The monoisotopic (exact) mass is 297 g/mol. The van der Waals surface area contributed by atoms with Crippen molar-refractivity contribution in [3.8, 4) is 11.5 Å². The lowest BCUT2D eigenvalue weighted by Crippen LogP contribution is -2.03. The van der Waals surface area contributed by atoms with Crippen molar-refractivity contribution in [2.45, 2.75) is 26.2 Å². The smallest absolute Gasteiger partial charge is 0.181 e. The highest BCUT2D eigenvalue weighted by Crippen LogP contribution is 2.40. The number of nitrogens with one attached hydrogen (secondary N) is 1. The van der Waals surface area contributed by atoms with Crippen LogP contribution in [0.25, 0.3) is 21.7 Å². The first kappa shape index (κ1) is 12.6. The second-order valence-corrected chi connectivity index (χ2v) is 6.14. The van der Waals surface area contributed by atoms with Crippen LogP contribution in [0.4, 0.5) is 5.82 Å². The van der Waals surface area contributed by atoms with E-state index in [0.717, 1.165) is 29.3 Å². The van der Waals surface area contributed by atoms with Crippen LogP contribution in [0, 0.1) is 0 Å². The molecule has 3 aromatic heterocycles. The van der Waals surface area contributed by atoms with Crippen LogP contribution in [0.15, 0.2) is 18.6 Å². The van der Waals surface area contributed by atoms with Crippen molar-refractivity contribution in [2.24, 2.45) is 0 Å². The molecular weight excluding hydrogens is 282 g/mol. The van der Waals surface area contributed by atoms with Crippen molar-refractivity contribution >= 4 is 27.4 Å². The van der Waals surface area contributed by atoms with Gasteiger partial charge in [0.2, 0.25) is 0 Å². The Hall–Kier alpha value is -2.08. The van der Waals surface area contributed by atoms with Crippen molar-refractivity contribution < 1.29 is 0 Å². The first-order chi connectivity index (χ1) is 10.4. The summed E-state index contributed by atoms with van der Waals surface area (Å²) >= 11 is 1.80. The van der Waals surface area contributed by atoms with Crippen LogP contribution >= 0.6 is 11.3 Å². The molecule has 1 aliphatic rings. The van der Waals surface area contributed by atoms with Gasteiger partial charge in [0.05, 0.1) is 5.39 Å². The minimum atomic E-state index is 0.667. The van der Waals surface area contributed by atoms with Gasteiger partial charge in [-0.3, -0.25) is 0 Å². The topological polar surface area (TPSA) is 63.6 Å². The van der Waals surface area contributed by atoms with E-state index in [4.69, 9.17) is 9.97 Å². The Morgan fingerprint density at radius 1 is 1.29 bits per heavy atom. The van der Waals surface area contributed by atoms with E-state index in [1.54, 1.807) is 17.5 Å². The summed E-state index contributed by atoms with van der Waals surface area (Å²) in [5, 5.41) is 4.60. The second-order valence-electron chi connectivity index (χ2n) is 5.06. The summed E-state index contributed by atoms with van der Waals surface area (Å²) in [6.45, 7) is 2.94. The highest BCUT2D eigenvalue weighted by Gasteiger charge is 2.22. The number of hydrogen-bond donors (Lipinski definition) is 1. The second kappa shape index (κ2) is 5.04. The van der Waals surface area contributed by atoms with Gasteiger partial charge in [-0.2, -0.15) is 0 Å². The van der Waals surface area contributed by atoms with Crippen molar-refractivity contribution in [3.63, 3.8) is 0 Å². The fourth-order valence-corrected chi connectivity index (χ4v) is 4.09. The molecule has 0 amide bonds. The van der Waals surface area contributed by atoms with Gasteiger partial charge in [0.1, 0.15) is 22.7 Å². The summed E-state index contributed by atoms with van der Waals surface area (Å²) in [5.74, 6) is 1.61. The van der Waals surface area contributed by atoms with Crippen LogP contribution in [0.3, 0.4) is 0 Å². The molecule has 0 saturated carbocycles. The molecule has 0 saturated heterocycles. The zero-order valence-electron chi connectivity index (χ0n) is 11.8. The maximum atomic E-state index is 4.73. The van der Waals surface area contributed by atoms with Crippen molar-refractivity contribution in [1.29, 1.82) is 0 Å². The normalized spacial score (nSPS) is 13.6. The Morgan fingerprint density at radius 2 is 2.24 bits per heavy atom. The summed E-state index contributed by atoms with van der Waals surface area (Å²) < 4.78 is 0. The molecule has 0 aromatic carbocycles. The molecule has 4 rings (SSSR count). The average Bonchev–Trinajstić information content (AvgIpc) is 3.08. The molecule has 5 nitrogen and oxygen atoms in total. The standard InChI is InChI=1S/C15H15N5S/c1-2-17-14-12-9-4-3-5-11(9)21-15(12)20-13(19-14)10-6-7-16-8-18-10/h6-8H,2-5H2,1H3,(H,17,19,20). The summed E-state index contributed by atoms with van der Waals surface area (Å²) in [4.78, 5) is 20.2. The minimum absolute atomic E-state index is 0.667. The van der Waals surface area contributed by atoms with Gasteiger partial charge < -0.3 is 5.32 Å². The van der Waals surface area contributed by atoms with Crippen LogP contribution in [-0.2, 0) is 12.8 Å². The van der Waals surface area contributed by atoms with Crippen LogP contribution in [0.2, 0.25) is 0 Å². The van der Waals surface area contributed by atoms with E-state index in [0.29, 0.717) is 5.82 Å². The number of aryl methyl sites for hydroxylation is 2. The van der Waals surface area contributed by atoms with Gasteiger partial charge in [-0.05, 0) is 37.8 Å². The van der Waals surface area contributed by atoms with Crippen molar-refractivity contribution in [3.05, 3.63) is 29.0 Å². The van der Waals surface area contributed by atoms with E-state index >= 15 is 0 Å². The lowest BCUT2D eigenvalue weighted by atomic mass is 10.2. The molecule has 1 N–H and O–H groups in total. The van der Waals surface area contributed by atoms with Crippen molar-refractivity contribution in [2.75, 3.05) is 11.9 Å². The predicted octanol–water partition coefficient (Wildman–Crippen LogP) is 3.07. The maximum Gasteiger partial charge on any atom is 0.181 e. The Balaban J connectivity index is 1.95. The van der Waals surface area contributed by atoms with Crippen LogP contribution in [0.1, 0.15) is 23.8 Å². The summed E-state index contributed by atoms with van der Waals surface area (Å²) in [7, 11) is 0. The van der Waals surface area contributed by atoms with E-state index < -0.39 is 0 Å². The number of anilines is 1. The molecule has 6 heteroatoms. The number of thiophene rings is 1. The summed E-state index contributed by atoms with van der Waals surface area (Å²) in [5.41, 5.74) is 2.21. The summed E-state index contributed by atoms with van der Waals surface area (Å²) in [6.07, 6.45) is 6.81. The Morgan fingerprint density at radius 3 is 3.05 bits per heavy atom. The lowest BCUT2D eigenvalue weighted by molar-refractivity contribution is 0.917. The number of fused-ring (bicyclic) bond motifs is 3. The van der Waals surface area contributed by atoms with Crippen molar-refractivity contribution in [1.82, 2.24) is 19.9 Å². The van der Waals surface area contributed by atoms with E-state index in [1.165, 1.54) is 35.0 Å². The van der Waals surface area contributed by atoms with Gasteiger partial charge in [0.15, 0.2) is 5.82 Å². The average molecular weight is 297 g/mol. The third kappa shape index (κ3) is 2.06. The molecule has 0 bridgehead atoms. The fraction of sp³-hybridized carbons (Fsp3) is 0.333. The van der Waals surface area contributed by atoms with Gasteiger partial charge >= 0.3 is 0 Å². The molecule has 106 valence electrons. The molecule has 0 unspecified atom stereocenters. The Kier molecular flexibility index (Phi) is 3.03. The molecule has 0 spiro atoms. The predicted molar refractivity (Wildman–Crippen MR) is 84.6 cm³/mol. The van der Waals surface area contributed by atoms with Gasteiger partial charge in [0.25, 0.3) is 0 Å². The Bertz CT molecular complexity index is 797. The molecule has 0 fully saturated rings. The third-order valence-electron chi connectivity index (χ3n) is 3.72. The number of nitrogens with zero attached hydrogens (tertiary/aromatic N) is 4. The molecule has 0 radical (unpaired) electrons. The molecule has 1 aliphatic carbocycles. The summed E-state index contributed by atoms with van der Waals surface area (Å²) in [6, 6.07) is 1.85. The van der Waals surface area contributed by atoms with Crippen LogP contribution in [-0.4, -0.2) is 26.5 Å². The largest absolute Gasteiger partial charge is 0.370 e. The first-order valence-corrected chi connectivity index (χ1v) is 8.01. The van der Waals surface area contributed by atoms with E-state index in [2.05, 4.69) is 22.2 Å². The van der Waals surface area contributed by atoms with Crippen LogP contribution < -0.4 is 5.32 Å². The quantitative estimate of drug-likeness (QED) is 0.805. The van der Waals surface area contributed by atoms with E-state index in [-0.39, 0.29) is 0 Å². The molecule has 21 heavy (non-hydrogen) atoms. The first-order valence-electron chi connectivity index (χ1n) is 7.19. The molecule has 3 heterocycles. The fourth-order valence-electron chi connectivity index (χ4n) is 2.83. The van der Waals surface area contributed by atoms with Gasteiger partial charge in [-0.15, -0.1) is 11.3 Å². The lowest BCUT2D eigenvalue weighted by Gasteiger charge is -2.08. The minimum Gasteiger partial charge on any atom is -0.370 e. The number of aromatic nitrogens is 4. The molecular formula is C15H15N5S. The zero-order valence-corrected chi connectivity index (χ0v) is 12.6. The zero-order chi connectivity index (χ0) is 14.2. The van der Waals surface area contributed by atoms with Gasteiger partial charge in [0, 0.05) is 17.6 Å². The number of hydrogen-bond acceptors (Lipinski definition) is 6.